The Morgan fingerprint density at radius 3 is 2.31 bits per heavy atom. The fraction of sp³-hybridized carbons (Fsp3) is 0.571. The molecule has 0 aliphatic rings. The van der Waals surface area contributed by atoms with Crippen molar-refractivity contribution in [2.45, 2.75) is 13.3 Å². The number of rotatable bonds is 4. The highest BCUT2D eigenvalue weighted by atomic mass is 19.4. The van der Waals surface area contributed by atoms with Crippen molar-refractivity contribution >= 4 is 11.9 Å². The second kappa shape index (κ2) is 4.81. The summed E-state index contributed by atoms with van der Waals surface area (Å²) in [5.41, 5.74) is 0. The number of nitrogens with one attached hydrogen (secondary N) is 2. The summed E-state index contributed by atoms with van der Waals surface area (Å²) in [4.78, 5) is 10.6. The van der Waals surface area contributed by atoms with Gasteiger partial charge in [0.2, 0.25) is 11.9 Å². The van der Waals surface area contributed by atoms with E-state index in [0.717, 1.165) is 0 Å². The number of hydrogen-bond acceptors (Lipinski definition) is 6. The third-order valence-corrected chi connectivity index (χ3v) is 1.38. The van der Waals surface area contributed by atoms with Gasteiger partial charge >= 0.3 is 12.4 Å². The lowest BCUT2D eigenvalue weighted by atomic mass is 10.7. The van der Waals surface area contributed by atoms with E-state index >= 15 is 0 Å². The maximum absolute atomic E-state index is 11.9. The Morgan fingerprint density at radius 1 is 1.19 bits per heavy atom. The van der Waals surface area contributed by atoms with E-state index in [1.165, 1.54) is 7.05 Å². The first-order valence-electron chi connectivity index (χ1n) is 4.38. The molecule has 1 aromatic heterocycles. The highest BCUT2D eigenvalue weighted by Crippen LogP contribution is 2.20. The zero-order valence-corrected chi connectivity index (χ0v) is 8.59. The summed E-state index contributed by atoms with van der Waals surface area (Å²) in [5, 5.41) is 5.16. The van der Waals surface area contributed by atoms with Crippen LogP contribution in [-0.2, 0) is 0 Å². The zero-order valence-electron chi connectivity index (χ0n) is 8.59. The minimum absolute atomic E-state index is 0.00907. The number of halogens is 3. The van der Waals surface area contributed by atoms with E-state index in [0.29, 0.717) is 6.54 Å². The number of anilines is 2. The Kier molecular flexibility index (Phi) is 3.69. The maximum Gasteiger partial charge on any atom is 0.575 e. The number of aromatic nitrogens is 3. The van der Waals surface area contributed by atoms with Crippen molar-refractivity contribution in [3.8, 4) is 6.01 Å². The van der Waals surface area contributed by atoms with Gasteiger partial charge in [0.05, 0.1) is 0 Å². The van der Waals surface area contributed by atoms with Crippen LogP contribution in [0.3, 0.4) is 0 Å². The van der Waals surface area contributed by atoms with Crippen LogP contribution in [-0.4, -0.2) is 34.9 Å². The summed E-state index contributed by atoms with van der Waals surface area (Å²) in [5.74, 6) is 0.00583. The van der Waals surface area contributed by atoms with Gasteiger partial charge in [-0.2, -0.15) is 15.0 Å². The zero-order chi connectivity index (χ0) is 12.2. The molecule has 0 amide bonds. The summed E-state index contributed by atoms with van der Waals surface area (Å²) < 4.78 is 39.4. The number of ether oxygens (including phenoxy) is 1. The van der Waals surface area contributed by atoms with Crippen LogP contribution >= 0.6 is 0 Å². The molecule has 1 rings (SSSR count). The molecule has 0 saturated heterocycles. The second-order valence-corrected chi connectivity index (χ2v) is 2.59. The van der Waals surface area contributed by atoms with Crippen LogP contribution in [0, 0.1) is 0 Å². The van der Waals surface area contributed by atoms with Crippen molar-refractivity contribution < 1.29 is 17.9 Å². The third kappa shape index (κ3) is 3.75. The lowest BCUT2D eigenvalue weighted by molar-refractivity contribution is -0.277. The third-order valence-electron chi connectivity index (χ3n) is 1.38. The lowest BCUT2D eigenvalue weighted by Crippen LogP contribution is -2.20. The van der Waals surface area contributed by atoms with E-state index in [9.17, 15) is 13.2 Å². The molecule has 1 aromatic rings. The number of nitrogens with zero attached hydrogens (tertiary/aromatic N) is 3. The predicted molar refractivity (Wildman–Crippen MR) is 50.2 cm³/mol. The smallest absolute Gasteiger partial charge is 0.370 e. The summed E-state index contributed by atoms with van der Waals surface area (Å²) >= 11 is 0. The highest BCUT2D eigenvalue weighted by Gasteiger charge is 2.33. The Balaban J connectivity index is 2.95. The van der Waals surface area contributed by atoms with Crippen LogP contribution in [0.15, 0.2) is 0 Å². The molecule has 0 aliphatic carbocycles. The second-order valence-electron chi connectivity index (χ2n) is 2.59. The SMILES string of the molecule is CCNc1nc(NC)nc(OC(F)(F)F)n1. The summed E-state index contributed by atoms with van der Waals surface area (Å²) in [6.45, 7) is 2.23. The molecule has 2 N–H and O–H groups in total. The summed E-state index contributed by atoms with van der Waals surface area (Å²) in [7, 11) is 1.47. The van der Waals surface area contributed by atoms with Crippen LogP contribution in [0.4, 0.5) is 25.1 Å². The molecular weight excluding hydrogens is 227 g/mol. The van der Waals surface area contributed by atoms with Crippen LogP contribution in [0.1, 0.15) is 6.92 Å². The molecule has 0 radical (unpaired) electrons. The van der Waals surface area contributed by atoms with E-state index in [4.69, 9.17) is 0 Å². The topological polar surface area (TPSA) is 72.0 Å². The number of hydrogen-bond donors (Lipinski definition) is 2. The van der Waals surface area contributed by atoms with Crippen molar-refractivity contribution in [3.63, 3.8) is 0 Å². The van der Waals surface area contributed by atoms with Gasteiger partial charge < -0.3 is 15.4 Å². The molecule has 9 heteroatoms. The average molecular weight is 237 g/mol. The van der Waals surface area contributed by atoms with E-state index in [-0.39, 0.29) is 11.9 Å². The minimum Gasteiger partial charge on any atom is -0.370 e. The first-order chi connectivity index (χ1) is 7.44. The summed E-state index contributed by atoms with van der Waals surface area (Å²) in [6, 6.07) is -0.803. The monoisotopic (exact) mass is 237 g/mol. The Hall–Kier alpha value is -1.80. The van der Waals surface area contributed by atoms with Gasteiger partial charge in [0, 0.05) is 13.6 Å². The van der Waals surface area contributed by atoms with Gasteiger partial charge in [0.15, 0.2) is 0 Å². The Morgan fingerprint density at radius 2 is 1.81 bits per heavy atom. The molecule has 90 valence electrons. The van der Waals surface area contributed by atoms with Gasteiger partial charge in [-0.15, -0.1) is 13.2 Å². The number of alkyl halides is 3. The molecule has 0 fully saturated rings. The van der Waals surface area contributed by atoms with E-state index in [2.05, 4.69) is 30.3 Å². The molecule has 1 heterocycles. The fourth-order valence-corrected chi connectivity index (χ4v) is 0.855. The maximum atomic E-state index is 11.9. The Labute approximate surface area is 89.3 Å². The fourth-order valence-electron chi connectivity index (χ4n) is 0.855. The van der Waals surface area contributed by atoms with Gasteiger partial charge in [-0.3, -0.25) is 0 Å². The normalized spacial score (nSPS) is 11.1. The van der Waals surface area contributed by atoms with Crippen LogP contribution < -0.4 is 15.4 Å². The van der Waals surface area contributed by atoms with Crippen LogP contribution in [0.25, 0.3) is 0 Å². The van der Waals surface area contributed by atoms with Crippen molar-refractivity contribution in [2.24, 2.45) is 0 Å². The molecule has 0 saturated carbocycles. The Bertz CT molecular complexity index is 356. The minimum atomic E-state index is -4.82. The van der Waals surface area contributed by atoms with E-state index < -0.39 is 12.4 Å². The van der Waals surface area contributed by atoms with Crippen molar-refractivity contribution in [1.82, 2.24) is 15.0 Å². The molecule has 6 nitrogen and oxygen atoms in total. The van der Waals surface area contributed by atoms with Gasteiger partial charge in [-0.05, 0) is 6.92 Å². The van der Waals surface area contributed by atoms with E-state index in [1.807, 2.05) is 0 Å². The highest BCUT2D eigenvalue weighted by molar-refractivity contribution is 5.35. The van der Waals surface area contributed by atoms with Gasteiger partial charge in [-0.25, -0.2) is 0 Å². The molecule has 0 atom stereocenters. The van der Waals surface area contributed by atoms with Crippen LogP contribution in [0.2, 0.25) is 0 Å². The molecular formula is C7H10F3N5O. The molecule has 0 bridgehead atoms. The van der Waals surface area contributed by atoms with Gasteiger partial charge in [0.25, 0.3) is 0 Å². The van der Waals surface area contributed by atoms with Crippen molar-refractivity contribution in [2.75, 3.05) is 24.2 Å². The van der Waals surface area contributed by atoms with Crippen molar-refractivity contribution in [3.05, 3.63) is 0 Å². The predicted octanol–water partition coefficient (Wildman–Crippen LogP) is 1.24. The standard InChI is InChI=1S/C7H10F3N5O/c1-3-12-5-13-4(11-2)14-6(15-5)16-7(8,9)10/h3H2,1-2H3,(H2,11,12,13,14,15). The molecule has 0 spiro atoms. The summed E-state index contributed by atoms with van der Waals surface area (Å²) in [6.07, 6.45) is -4.82. The average Bonchev–Trinajstić information content (AvgIpc) is 2.15. The quantitative estimate of drug-likeness (QED) is 0.821. The molecule has 16 heavy (non-hydrogen) atoms. The van der Waals surface area contributed by atoms with Gasteiger partial charge in [0.1, 0.15) is 0 Å². The first-order valence-corrected chi connectivity index (χ1v) is 4.38. The largest absolute Gasteiger partial charge is 0.575 e. The van der Waals surface area contributed by atoms with Crippen LogP contribution in [0.5, 0.6) is 6.01 Å². The van der Waals surface area contributed by atoms with E-state index in [1.54, 1.807) is 6.92 Å². The molecule has 0 aliphatic heterocycles. The van der Waals surface area contributed by atoms with Crippen molar-refractivity contribution in [1.29, 1.82) is 0 Å². The first kappa shape index (κ1) is 12.3. The lowest BCUT2D eigenvalue weighted by Gasteiger charge is -2.09. The molecule has 0 aromatic carbocycles. The molecule has 0 unspecified atom stereocenters. The van der Waals surface area contributed by atoms with Gasteiger partial charge in [-0.1, -0.05) is 0 Å².